The maximum absolute atomic E-state index is 13.0. The Morgan fingerprint density at radius 1 is 1.19 bits per heavy atom. The number of aryl methyl sites for hydroxylation is 1. The normalized spacial score (nSPS) is 19.5. The van der Waals surface area contributed by atoms with Crippen molar-refractivity contribution in [2.24, 2.45) is 18.9 Å². The number of nitrogens with one attached hydrogen (secondary N) is 2. The Hall–Kier alpha value is -2.72. The summed E-state index contributed by atoms with van der Waals surface area (Å²) in [7, 11) is -0.0356. The first kappa shape index (κ1) is 27.9. The fraction of sp³-hybridized carbons (Fsp3) is 0.615. The lowest BCUT2D eigenvalue weighted by atomic mass is 9.79. The molecule has 2 amide bonds. The average molecular weight is 516 g/mol. The van der Waals surface area contributed by atoms with E-state index in [1.807, 2.05) is 19.3 Å². The van der Waals surface area contributed by atoms with Gasteiger partial charge in [0, 0.05) is 24.4 Å². The zero-order valence-corrected chi connectivity index (χ0v) is 23.6. The Bertz CT molecular complexity index is 1050. The zero-order chi connectivity index (χ0) is 26.7. The number of carboxylic acid groups (broad SMARTS) is 1. The molecule has 1 atom stereocenters. The number of pyridine rings is 1. The number of nitrogens with zero attached hydrogens (tertiary/aromatic N) is 3. The van der Waals surface area contributed by atoms with E-state index in [2.05, 4.69) is 61.5 Å². The van der Waals surface area contributed by atoms with Crippen LogP contribution in [0.3, 0.4) is 0 Å². The van der Waals surface area contributed by atoms with E-state index >= 15 is 0 Å². The van der Waals surface area contributed by atoms with Crippen LogP contribution in [-0.4, -0.2) is 46.2 Å². The summed E-state index contributed by atoms with van der Waals surface area (Å²) < 4.78 is 8.21. The topological polar surface area (TPSA) is 118 Å². The molecule has 2 aromatic heterocycles. The van der Waals surface area contributed by atoms with Crippen molar-refractivity contribution >= 4 is 26.1 Å². The smallest absolute Gasteiger partial charge is 0.405 e. The van der Waals surface area contributed by atoms with E-state index in [0.29, 0.717) is 18.3 Å². The van der Waals surface area contributed by atoms with E-state index in [0.717, 1.165) is 42.5 Å². The van der Waals surface area contributed by atoms with Crippen molar-refractivity contribution < 1.29 is 19.1 Å². The van der Waals surface area contributed by atoms with Gasteiger partial charge in [0.2, 0.25) is 5.91 Å². The van der Waals surface area contributed by atoms with Gasteiger partial charge in [-0.05, 0) is 54.9 Å². The van der Waals surface area contributed by atoms with Crippen LogP contribution in [0.4, 0.5) is 10.6 Å². The summed E-state index contributed by atoms with van der Waals surface area (Å²) in [5.41, 5.74) is 2.77. The summed E-state index contributed by atoms with van der Waals surface area (Å²) in [6.07, 6.45) is 5.97. The molecule has 1 saturated carbocycles. The van der Waals surface area contributed by atoms with Gasteiger partial charge in [0.25, 0.3) is 0 Å². The van der Waals surface area contributed by atoms with Crippen LogP contribution in [0.2, 0.25) is 18.1 Å². The monoisotopic (exact) mass is 515 g/mol. The molecule has 0 aliphatic heterocycles. The Morgan fingerprint density at radius 3 is 2.42 bits per heavy atom. The molecule has 9 nitrogen and oxygen atoms in total. The molecule has 198 valence electrons. The molecule has 0 aromatic carbocycles. The van der Waals surface area contributed by atoms with E-state index in [9.17, 15) is 14.7 Å². The molecule has 0 unspecified atom stereocenters. The third-order valence-corrected chi connectivity index (χ3v) is 12.3. The molecular formula is C26H41N5O4Si. The van der Waals surface area contributed by atoms with Crippen LogP contribution >= 0.6 is 0 Å². The molecule has 10 heteroatoms. The lowest BCUT2D eigenvalue weighted by molar-refractivity contribution is -0.119. The molecule has 0 bridgehead atoms. The summed E-state index contributed by atoms with van der Waals surface area (Å²) in [4.78, 5) is 28.8. The van der Waals surface area contributed by atoms with Crippen molar-refractivity contribution in [3.63, 3.8) is 0 Å². The highest BCUT2D eigenvalue weighted by Gasteiger charge is 2.37. The molecule has 0 radical (unpaired) electrons. The summed E-state index contributed by atoms with van der Waals surface area (Å²) >= 11 is 0. The summed E-state index contributed by atoms with van der Waals surface area (Å²) in [5.74, 6) is 0.593. The quantitative estimate of drug-likeness (QED) is 0.405. The number of hydrogen-bond donors (Lipinski definition) is 3. The van der Waals surface area contributed by atoms with E-state index in [1.165, 1.54) is 0 Å². The molecule has 3 N–H and O–H groups in total. The van der Waals surface area contributed by atoms with Gasteiger partial charge in [-0.2, -0.15) is 5.10 Å². The fourth-order valence-electron chi connectivity index (χ4n) is 4.40. The van der Waals surface area contributed by atoms with Crippen molar-refractivity contribution in [2.45, 2.75) is 84.2 Å². The van der Waals surface area contributed by atoms with Gasteiger partial charge in [0.15, 0.2) is 8.32 Å². The molecule has 2 aromatic rings. The predicted octanol–water partition coefficient (Wildman–Crippen LogP) is 5.40. The minimum absolute atomic E-state index is 0.0190. The molecular weight excluding hydrogens is 474 g/mol. The first-order chi connectivity index (χ1) is 16.8. The van der Waals surface area contributed by atoms with Crippen LogP contribution < -0.4 is 10.6 Å². The Labute approximate surface area is 215 Å². The minimum atomic E-state index is -1.92. The van der Waals surface area contributed by atoms with Gasteiger partial charge in [-0.3, -0.25) is 9.48 Å². The molecule has 2 heterocycles. The second-order valence-electron chi connectivity index (χ2n) is 11.6. The van der Waals surface area contributed by atoms with Gasteiger partial charge in [-0.1, -0.05) is 40.5 Å². The van der Waals surface area contributed by atoms with Crippen molar-refractivity contribution in [1.29, 1.82) is 0 Å². The maximum Gasteiger partial charge on any atom is 0.405 e. The molecule has 1 aliphatic rings. The molecule has 1 aliphatic carbocycles. The second kappa shape index (κ2) is 11.1. The molecule has 36 heavy (non-hydrogen) atoms. The van der Waals surface area contributed by atoms with Gasteiger partial charge in [0.05, 0.1) is 18.5 Å². The Morgan fingerprint density at radius 2 is 1.86 bits per heavy atom. The van der Waals surface area contributed by atoms with Crippen LogP contribution in [0.5, 0.6) is 0 Å². The largest absolute Gasteiger partial charge is 0.465 e. The van der Waals surface area contributed by atoms with Crippen LogP contribution in [0.25, 0.3) is 11.3 Å². The molecule has 0 saturated heterocycles. The van der Waals surface area contributed by atoms with E-state index < -0.39 is 20.5 Å². The number of amides is 2. The van der Waals surface area contributed by atoms with Crippen molar-refractivity contribution in [1.82, 2.24) is 20.1 Å². The van der Waals surface area contributed by atoms with Crippen LogP contribution in [0.15, 0.2) is 24.5 Å². The minimum Gasteiger partial charge on any atom is -0.465 e. The van der Waals surface area contributed by atoms with Crippen LogP contribution in [0.1, 0.15) is 58.9 Å². The highest BCUT2D eigenvalue weighted by atomic mass is 28.4. The summed E-state index contributed by atoms with van der Waals surface area (Å²) in [6, 6.07) is 2.82. The third kappa shape index (κ3) is 6.73. The Balaban J connectivity index is 1.72. The highest BCUT2D eigenvalue weighted by Crippen LogP contribution is 2.37. The van der Waals surface area contributed by atoms with Crippen molar-refractivity contribution in [2.75, 3.05) is 5.32 Å². The Kier molecular flexibility index (Phi) is 8.61. The first-order valence-electron chi connectivity index (χ1n) is 12.7. The maximum atomic E-state index is 13.0. The fourth-order valence-corrected chi connectivity index (χ4v) is 5.35. The number of aromatic nitrogens is 3. The molecule has 0 spiro atoms. The van der Waals surface area contributed by atoms with Gasteiger partial charge < -0.3 is 20.2 Å². The van der Waals surface area contributed by atoms with Crippen molar-refractivity contribution in [3.05, 3.63) is 30.1 Å². The summed E-state index contributed by atoms with van der Waals surface area (Å²) in [5, 5.41) is 19.1. The van der Waals surface area contributed by atoms with Gasteiger partial charge in [-0.15, -0.1) is 0 Å². The van der Waals surface area contributed by atoms with Crippen molar-refractivity contribution in [3.8, 4) is 11.3 Å². The first-order valence-corrected chi connectivity index (χ1v) is 15.6. The standard InChI is InChI=1S/C26H41N5O4Si/c1-17-8-10-18(11-9-17)22(30-25(33)34)24(32)29-21-13-12-19(14-27-21)23-20(15-28-31(23)5)16-35-36(6,7)26(2,3)4/h12-15,17-18,22,30H,8-11,16H2,1-7H3,(H,33,34)(H,27,29,32)/t17?,18?,22-/m0/s1. The van der Waals surface area contributed by atoms with E-state index in [4.69, 9.17) is 4.43 Å². The summed E-state index contributed by atoms with van der Waals surface area (Å²) in [6.45, 7) is 13.8. The number of rotatable bonds is 8. The number of carbonyl (C=O) groups is 2. The van der Waals surface area contributed by atoms with Gasteiger partial charge in [0.1, 0.15) is 11.9 Å². The van der Waals surface area contributed by atoms with Gasteiger partial charge in [-0.25, -0.2) is 9.78 Å². The second-order valence-corrected chi connectivity index (χ2v) is 16.4. The zero-order valence-electron chi connectivity index (χ0n) is 22.6. The lowest BCUT2D eigenvalue weighted by Crippen LogP contribution is -2.49. The number of anilines is 1. The van der Waals surface area contributed by atoms with Crippen LogP contribution in [-0.2, 0) is 22.9 Å². The van der Waals surface area contributed by atoms with Gasteiger partial charge >= 0.3 is 6.09 Å². The number of carbonyl (C=O) groups excluding carboxylic acids is 1. The van der Waals surface area contributed by atoms with E-state index in [1.54, 1.807) is 16.9 Å². The molecule has 3 rings (SSSR count). The predicted molar refractivity (Wildman–Crippen MR) is 143 cm³/mol. The molecule has 1 fully saturated rings. The van der Waals surface area contributed by atoms with Crippen LogP contribution in [0, 0.1) is 11.8 Å². The third-order valence-electron chi connectivity index (χ3n) is 7.79. The lowest BCUT2D eigenvalue weighted by Gasteiger charge is -2.36. The SMILES string of the molecule is CC1CCC([C@H](NC(=O)O)C(=O)Nc2ccc(-c3c(CO[Si](C)(C)C(C)(C)C)cnn3C)cn2)CC1. The highest BCUT2D eigenvalue weighted by molar-refractivity contribution is 6.74. The van der Waals surface area contributed by atoms with E-state index in [-0.39, 0.29) is 16.9 Å². The number of hydrogen-bond acceptors (Lipinski definition) is 5. The average Bonchev–Trinajstić information content (AvgIpc) is 3.17.